The molecule has 9 nitrogen and oxygen atoms in total. The topological polar surface area (TPSA) is 137 Å². The quantitative estimate of drug-likeness (QED) is 0.189. The lowest BCUT2D eigenvalue weighted by Crippen LogP contribution is -2.29. The number of carbonyl (C=O) groups excluding carboxylic acids is 1. The first-order chi connectivity index (χ1) is 18.8. The maximum absolute atomic E-state index is 12.5. The average Bonchev–Trinajstić information content (AvgIpc) is 3.26. The molecule has 0 fully saturated rings. The summed E-state index contributed by atoms with van der Waals surface area (Å²) >= 11 is 0. The third-order valence-corrected chi connectivity index (χ3v) is 6.94. The Bertz CT molecular complexity index is 1800. The summed E-state index contributed by atoms with van der Waals surface area (Å²) in [5.41, 5.74) is 8.07. The number of pyridine rings is 1. The molecule has 0 bridgehead atoms. The number of aryl methyl sites for hydroxylation is 1. The first kappa shape index (κ1) is 25.6. The minimum atomic E-state index is -1.44. The molecular weight excluding hydrogens is 498 g/mol. The molecule has 0 saturated heterocycles. The van der Waals surface area contributed by atoms with Gasteiger partial charge < -0.3 is 29.9 Å². The molecule has 0 aliphatic rings. The Morgan fingerprint density at radius 3 is 2.49 bits per heavy atom. The van der Waals surface area contributed by atoms with E-state index in [0.717, 1.165) is 21.9 Å². The van der Waals surface area contributed by atoms with Gasteiger partial charge in [0.15, 0.2) is 0 Å². The normalized spacial score (nSPS) is 11.1. The highest BCUT2D eigenvalue weighted by molar-refractivity contribution is 6.00. The van der Waals surface area contributed by atoms with Crippen molar-refractivity contribution in [3.05, 3.63) is 93.9 Å². The Hall–Kier alpha value is -5.05. The summed E-state index contributed by atoms with van der Waals surface area (Å²) in [6.45, 7) is 2.18. The predicted octanol–water partition coefficient (Wildman–Crippen LogP) is 5.16. The molecule has 39 heavy (non-hydrogen) atoms. The number of nitrogens with one attached hydrogen (secondary N) is 1. The zero-order valence-electron chi connectivity index (χ0n) is 21.5. The number of fused-ring (bicyclic) bond motifs is 2. The van der Waals surface area contributed by atoms with Crippen molar-refractivity contribution in [3.8, 4) is 22.8 Å². The van der Waals surface area contributed by atoms with Crippen LogP contribution in [-0.4, -0.2) is 33.3 Å². The van der Waals surface area contributed by atoms with E-state index < -0.39 is 17.6 Å². The van der Waals surface area contributed by atoms with Gasteiger partial charge in [-0.2, -0.15) is 0 Å². The number of nitrogens with zero attached hydrogens (tertiary/aromatic N) is 1. The monoisotopic (exact) mass is 525 g/mol. The summed E-state index contributed by atoms with van der Waals surface area (Å²) < 4.78 is 12.6. The van der Waals surface area contributed by atoms with Gasteiger partial charge in [0.1, 0.15) is 11.3 Å². The third-order valence-electron chi connectivity index (χ3n) is 6.94. The number of primary amides is 1. The van der Waals surface area contributed by atoms with E-state index in [-0.39, 0.29) is 11.4 Å². The molecule has 0 atom stereocenters. The van der Waals surface area contributed by atoms with Gasteiger partial charge in [-0.1, -0.05) is 54.6 Å². The van der Waals surface area contributed by atoms with E-state index in [1.54, 1.807) is 14.0 Å². The SMILES string of the molecule is Cc1c(-c2cccc3c(CCCOc4cccc5ccccc45)c(OC(=O)O)[nH]c23)cc(C(N)=O)c(=O)n1C. The third kappa shape index (κ3) is 4.82. The maximum Gasteiger partial charge on any atom is 0.512 e. The van der Waals surface area contributed by atoms with Gasteiger partial charge in [0, 0.05) is 40.2 Å². The summed E-state index contributed by atoms with van der Waals surface area (Å²) in [6.07, 6.45) is -0.359. The van der Waals surface area contributed by atoms with Crippen molar-refractivity contribution in [1.82, 2.24) is 9.55 Å². The molecular formula is C30H27N3O6. The number of rotatable bonds is 8. The fourth-order valence-electron chi connectivity index (χ4n) is 4.92. The lowest BCUT2D eigenvalue weighted by atomic mass is 9.98. The van der Waals surface area contributed by atoms with Crippen molar-refractivity contribution in [2.24, 2.45) is 12.8 Å². The van der Waals surface area contributed by atoms with E-state index in [1.165, 1.54) is 10.6 Å². The summed E-state index contributed by atoms with van der Waals surface area (Å²) in [5.74, 6) is 0.0803. The van der Waals surface area contributed by atoms with Gasteiger partial charge in [-0.15, -0.1) is 0 Å². The number of ether oxygens (including phenoxy) is 2. The fraction of sp³-hybridized carbons (Fsp3) is 0.167. The van der Waals surface area contributed by atoms with Crippen molar-refractivity contribution in [3.63, 3.8) is 0 Å². The van der Waals surface area contributed by atoms with E-state index in [4.69, 9.17) is 15.2 Å². The van der Waals surface area contributed by atoms with E-state index in [9.17, 15) is 19.5 Å². The number of para-hydroxylation sites is 1. The van der Waals surface area contributed by atoms with E-state index in [2.05, 4.69) is 4.98 Å². The molecule has 0 aliphatic carbocycles. The molecule has 1 amide bonds. The van der Waals surface area contributed by atoms with Gasteiger partial charge in [0.2, 0.25) is 5.88 Å². The highest BCUT2D eigenvalue weighted by Gasteiger charge is 2.21. The number of carboxylic acid groups (broad SMARTS) is 1. The molecule has 3 aromatic carbocycles. The molecule has 0 aliphatic heterocycles. The molecule has 0 saturated carbocycles. The number of amides is 1. The molecule has 5 aromatic rings. The summed E-state index contributed by atoms with van der Waals surface area (Å²) in [5, 5.41) is 12.3. The van der Waals surface area contributed by atoms with Gasteiger partial charge in [-0.3, -0.25) is 9.59 Å². The van der Waals surface area contributed by atoms with Gasteiger partial charge in [-0.05, 0) is 37.3 Å². The highest BCUT2D eigenvalue weighted by Crippen LogP contribution is 2.37. The smallest absolute Gasteiger partial charge is 0.493 e. The van der Waals surface area contributed by atoms with Crippen LogP contribution in [-0.2, 0) is 13.5 Å². The number of aromatic nitrogens is 2. The van der Waals surface area contributed by atoms with Crippen LogP contribution in [0.4, 0.5) is 4.79 Å². The molecule has 2 heterocycles. The van der Waals surface area contributed by atoms with E-state index in [0.29, 0.717) is 47.3 Å². The van der Waals surface area contributed by atoms with Gasteiger partial charge in [0.25, 0.3) is 11.5 Å². The van der Waals surface area contributed by atoms with Crippen LogP contribution in [0.5, 0.6) is 11.6 Å². The van der Waals surface area contributed by atoms with Crippen LogP contribution in [0.3, 0.4) is 0 Å². The maximum atomic E-state index is 12.5. The van der Waals surface area contributed by atoms with Gasteiger partial charge >= 0.3 is 6.16 Å². The van der Waals surface area contributed by atoms with E-state index >= 15 is 0 Å². The number of benzene rings is 3. The summed E-state index contributed by atoms with van der Waals surface area (Å²) in [4.78, 5) is 39.1. The number of aromatic amines is 1. The lowest BCUT2D eigenvalue weighted by Gasteiger charge is -2.13. The van der Waals surface area contributed by atoms with Crippen LogP contribution in [0.15, 0.2) is 71.5 Å². The zero-order chi connectivity index (χ0) is 27.7. The molecule has 2 aromatic heterocycles. The van der Waals surface area contributed by atoms with Gasteiger partial charge in [0.05, 0.1) is 12.1 Å². The van der Waals surface area contributed by atoms with Crippen LogP contribution in [0.1, 0.15) is 28.0 Å². The first-order valence-electron chi connectivity index (χ1n) is 12.4. The van der Waals surface area contributed by atoms with Crippen molar-refractivity contribution >= 4 is 33.7 Å². The molecule has 5 rings (SSSR count). The lowest BCUT2D eigenvalue weighted by molar-refractivity contribution is 0.0998. The van der Waals surface area contributed by atoms with Crippen LogP contribution >= 0.6 is 0 Å². The van der Waals surface area contributed by atoms with Crippen LogP contribution in [0.25, 0.3) is 32.8 Å². The standard InChI is InChI=1S/C30H27N3O6/c1-17-23(16-24(27(31)34)29(35)33(17)2)21-12-6-11-20-22(28(32-26(20)21)39-30(36)37)13-7-15-38-25-14-5-9-18-8-3-4-10-19(18)25/h3-6,8-12,14,16,32H,7,13,15H2,1-2H3,(H2,31,34)(H,36,37). The second-order valence-corrected chi connectivity index (χ2v) is 9.24. The minimum Gasteiger partial charge on any atom is -0.493 e. The molecule has 198 valence electrons. The Labute approximate surface area is 223 Å². The number of carbonyl (C=O) groups is 2. The van der Waals surface area contributed by atoms with Crippen LogP contribution < -0.4 is 20.8 Å². The Kier molecular flexibility index (Phi) is 6.81. The van der Waals surface area contributed by atoms with Crippen molar-refractivity contribution in [1.29, 1.82) is 0 Å². The Balaban J connectivity index is 1.49. The molecule has 0 spiro atoms. The number of hydrogen-bond acceptors (Lipinski definition) is 5. The highest BCUT2D eigenvalue weighted by atomic mass is 16.7. The Morgan fingerprint density at radius 1 is 1.00 bits per heavy atom. The summed E-state index contributed by atoms with van der Waals surface area (Å²) in [6, 6.07) is 20.9. The number of nitrogens with two attached hydrogens (primary N) is 1. The van der Waals surface area contributed by atoms with Crippen LogP contribution in [0, 0.1) is 6.92 Å². The Morgan fingerprint density at radius 2 is 1.72 bits per heavy atom. The molecule has 4 N–H and O–H groups in total. The second kappa shape index (κ2) is 10.4. The van der Waals surface area contributed by atoms with Crippen molar-refractivity contribution in [2.45, 2.75) is 19.8 Å². The minimum absolute atomic E-state index is 0.118. The zero-order valence-corrected chi connectivity index (χ0v) is 21.5. The molecule has 9 heteroatoms. The molecule has 0 unspecified atom stereocenters. The largest absolute Gasteiger partial charge is 0.512 e. The van der Waals surface area contributed by atoms with Gasteiger partial charge in [-0.25, -0.2) is 4.79 Å². The van der Waals surface area contributed by atoms with Crippen molar-refractivity contribution in [2.75, 3.05) is 6.61 Å². The van der Waals surface area contributed by atoms with Crippen LogP contribution in [0.2, 0.25) is 0 Å². The second-order valence-electron chi connectivity index (χ2n) is 9.24. The summed E-state index contributed by atoms with van der Waals surface area (Å²) in [7, 11) is 1.57. The average molecular weight is 526 g/mol. The fourth-order valence-corrected chi connectivity index (χ4v) is 4.92. The number of hydrogen-bond donors (Lipinski definition) is 3. The van der Waals surface area contributed by atoms with E-state index in [1.807, 2.05) is 60.7 Å². The first-order valence-corrected chi connectivity index (χ1v) is 12.4. The van der Waals surface area contributed by atoms with Crippen molar-refractivity contribution < 1.29 is 24.2 Å². The number of H-pyrrole nitrogens is 1. The predicted molar refractivity (Wildman–Crippen MR) is 149 cm³/mol. The molecule has 0 radical (unpaired) electrons.